The normalized spacial score (nSPS) is 9.29. The van der Waals surface area contributed by atoms with Gasteiger partial charge in [-0.15, -0.1) is 0 Å². The van der Waals surface area contributed by atoms with Crippen LogP contribution in [0.25, 0.3) is 0 Å². The Balaban J connectivity index is -0.000000563. The monoisotopic (exact) mass is 220 g/mol. The van der Waals surface area contributed by atoms with E-state index in [1.165, 1.54) is 5.56 Å². The average molecular weight is 220 g/mol. The Kier molecular flexibility index (Phi) is 6.41. The maximum atomic E-state index is 10.8. The number of benzene rings is 1. The topological polar surface area (TPSA) is 37.3 Å². The summed E-state index contributed by atoms with van der Waals surface area (Å²) in [6, 6.07) is 5.55. The summed E-state index contributed by atoms with van der Waals surface area (Å²) in [5, 5.41) is 8.86. The molecule has 0 bridgehead atoms. The number of rotatable bonds is 3. The summed E-state index contributed by atoms with van der Waals surface area (Å²) in [7, 11) is 0. The van der Waals surface area contributed by atoms with Gasteiger partial charge in [0.1, 0.15) is 0 Å². The van der Waals surface area contributed by atoms with E-state index in [4.69, 9.17) is 5.11 Å². The molecule has 0 unspecified atom stereocenters. The van der Waals surface area contributed by atoms with Gasteiger partial charge in [0.2, 0.25) is 0 Å². The first-order chi connectivity index (χ1) is 6.19. The Bertz CT molecular complexity index is 330. The third-order valence-corrected chi connectivity index (χ3v) is 2.19. The van der Waals surface area contributed by atoms with Crippen molar-refractivity contribution in [3.05, 3.63) is 34.9 Å². The molecule has 0 saturated heterocycles. The Morgan fingerprint density at radius 1 is 1.36 bits per heavy atom. The van der Waals surface area contributed by atoms with Crippen molar-refractivity contribution < 1.29 is 12.8 Å². The van der Waals surface area contributed by atoms with Gasteiger partial charge in [-0.2, -0.15) is 0 Å². The standard InChI is InChI=1S/C11H14O2.Ca.2H/c1-3-8-5-6-10(11(12)13)9(4-2)7-8;;;/h5-7H,3-4H2,1-2H3,(H,12,13);;;/q;+2;2*-1. The van der Waals surface area contributed by atoms with Crippen LogP contribution in [-0.2, 0) is 12.8 Å². The van der Waals surface area contributed by atoms with Gasteiger partial charge in [-0.05, 0) is 30.0 Å². The largest absolute Gasteiger partial charge is 2.00 e. The number of carbonyl (C=O) groups is 1. The molecule has 2 nitrogen and oxygen atoms in total. The van der Waals surface area contributed by atoms with Crippen LogP contribution in [0.1, 0.15) is 38.2 Å². The number of hydrogen-bond acceptors (Lipinski definition) is 1. The average Bonchev–Trinajstić information content (AvgIpc) is 2.16. The maximum Gasteiger partial charge on any atom is 2.00 e. The smallest absolute Gasteiger partial charge is 1.00 e. The first-order valence-electron chi connectivity index (χ1n) is 4.54. The predicted molar refractivity (Wildman–Crippen MR) is 60.1 cm³/mol. The van der Waals surface area contributed by atoms with Crippen molar-refractivity contribution in [2.75, 3.05) is 0 Å². The molecule has 0 saturated carbocycles. The summed E-state index contributed by atoms with van der Waals surface area (Å²) in [5.74, 6) is -0.834. The van der Waals surface area contributed by atoms with E-state index in [0.29, 0.717) is 5.56 Å². The third kappa shape index (κ3) is 3.26. The van der Waals surface area contributed by atoms with Crippen molar-refractivity contribution >= 4 is 43.7 Å². The quantitative estimate of drug-likeness (QED) is 0.794. The van der Waals surface area contributed by atoms with E-state index < -0.39 is 5.97 Å². The van der Waals surface area contributed by atoms with Crippen LogP contribution >= 0.6 is 0 Å². The fraction of sp³-hybridized carbons (Fsp3) is 0.364. The van der Waals surface area contributed by atoms with Gasteiger partial charge in [-0.25, -0.2) is 4.79 Å². The molecule has 3 heteroatoms. The van der Waals surface area contributed by atoms with Crippen LogP contribution in [0.4, 0.5) is 0 Å². The number of aromatic carboxylic acids is 1. The molecular weight excluding hydrogens is 204 g/mol. The van der Waals surface area contributed by atoms with Gasteiger partial charge >= 0.3 is 43.7 Å². The summed E-state index contributed by atoms with van der Waals surface area (Å²) in [6.07, 6.45) is 1.72. The van der Waals surface area contributed by atoms with E-state index in [9.17, 15) is 4.79 Å². The zero-order valence-electron chi connectivity index (χ0n) is 10.7. The molecule has 0 aliphatic heterocycles. The summed E-state index contributed by atoms with van der Waals surface area (Å²) in [5.41, 5.74) is 2.55. The Morgan fingerprint density at radius 2 is 2.00 bits per heavy atom. The zero-order valence-corrected chi connectivity index (χ0v) is 10.9. The number of aryl methyl sites for hydroxylation is 2. The van der Waals surface area contributed by atoms with Crippen molar-refractivity contribution in [2.45, 2.75) is 26.7 Å². The second-order valence-electron chi connectivity index (χ2n) is 3.00. The predicted octanol–water partition coefficient (Wildman–Crippen LogP) is 2.35. The third-order valence-electron chi connectivity index (χ3n) is 2.19. The molecule has 0 aliphatic rings. The molecule has 0 fully saturated rings. The Morgan fingerprint density at radius 3 is 2.43 bits per heavy atom. The summed E-state index contributed by atoms with van der Waals surface area (Å²) in [4.78, 5) is 10.8. The minimum Gasteiger partial charge on any atom is -1.00 e. The van der Waals surface area contributed by atoms with E-state index >= 15 is 0 Å². The van der Waals surface area contributed by atoms with Gasteiger partial charge in [-0.3, -0.25) is 0 Å². The summed E-state index contributed by atoms with van der Waals surface area (Å²) >= 11 is 0. The Hall–Kier alpha value is -0.0503. The second kappa shape index (κ2) is 6.44. The first-order valence-corrected chi connectivity index (χ1v) is 4.54. The number of hydrogen-bond donors (Lipinski definition) is 1. The summed E-state index contributed by atoms with van der Waals surface area (Å²) in [6.45, 7) is 4.04. The van der Waals surface area contributed by atoms with Crippen LogP contribution < -0.4 is 0 Å². The number of carboxylic acid groups (broad SMARTS) is 1. The van der Waals surface area contributed by atoms with Gasteiger partial charge in [0.25, 0.3) is 0 Å². The Labute approximate surface area is 117 Å². The summed E-state index contributed by atoms with van der Waals surface area (Å²) < 4.78 is 0. The van der Waals surface area contributed by atoms with Crippen LogP contribution in [0.2, 0.25) is 0 Å². The molecule has 0 aromatic heterocycles. The molecular formula is C11H16CaO2. The number of carboxylic acids is 1. The molecule has 0 radical (unpaired) electrons. The fourth-order valence-corrected chi connectivity index (χ4v) is 1.37. The van der Waals surface area contributed by atoms with Crippen molar-refractivity contribution in [1.82, 2.24) is 0 Å². The van der Waals surface area contributed by atoms with Gasteiger partial charge < -0.3 is 7.96 Å². The van der Waals surface area contributed by atoms with Crippen LogP contribution in [0.15, 0.2) is 18.2 Å². The molecule has 1 aromatic carbocycles. The molecule has 14 heavy (non-hydrogen) atoms. The molecule has 1 N–H and O–H groups in total. The van der Waals surface area contributed by atoms with Gasteiger partial charge in [0.15, 0.2) is 0 Å². The SMILES string of the molecule is CCc1ccc(C(=O)O)c(CC)c1.[Ca+2].[H-].[H-]. The zero-order chi connectivity index (χ0) is 9.84. The molecule has 1 aromatic rings. The van der Waals surface area contributed by atoms with Crippen molar-refractivity contribution in [3.8, 4) is 0 Å². The molecule has 1 rings (SSSR count). The maximum absolute atomic E-state index is 10.8. The first kappa shape index (κ1) is 13.9. The van der Waals surface area contributed by atoms with Crippen LogP contribution in [0.5, 0.6) is 0 Å². The van der Waals surface area contributed by atoms with Crippen molar-refractivity contribution in [2.24, 2.45) is 0 Å². The van der Waals surface area contributed by atoms with Gasteiger partial charge in [0, 0.05) is 0 Å². The van der Waals surface area contributed by atoms with Crippen molar-refractivity contribution in [1.29, 1.82) is 0 Å². The van der Waals surface area contributed by atoms with Crippen LogP contribution in [-0.4, -0.2) is 48.8 Å². The van der Waals surface area contributed by atoms with E-state index in [-0.39, 0.29) is 40.6 Å². The van der Waals surface area contributed by atoms with Crippen LogP contribution in [0, 0.1) is 0 Å². The van der Waals surface area contributed by atoms with E-state index in [1.54, 1.807) is 6.07 Å². The van der Waals surface area contributed by atoms with Crippen molar-refractivity contribution in [3.63, 3.8) is 0 Å². The minimum atomic E-state index is -0.834. The van der Waals surface area contributed by atoms with E-state index in [0.717, 1.165) is 18.4 Å². The van der Waals surface area contributed by atoms with E-state index in [2.05, 4.69) is 6.92 Å². The second-order valence-corrected chi connectivity index (χ2v) is 3.00. The fourth-order valence-electron chi connectivity index (χ4n) is 1.37. The molecule has 0 heterocycles. The molecule has 0 aliphatic carbocycles. The molecule has 0 spiro atoms. The van der Waals surface area contributed by atoms with Crippen LogP contribution in [0.3, 0.4) is 0 Å². The van der Waals surface area contributed by atoms with Gasteiger partial charge in [-0.1, -0.05) is 26.0 Å². The molecule has 0 amide bonds. The minimum absolute atomic E-state index is 0. The van der Waals surface area contributed by atoms with Gasteiger partial charge in [0.05, 0.1) is 5.56 Å². The molecule has 0 atom stereocenters. The molecule has 74 valence electrons. The van der Waals surface area contributed by atoms with E-state index in [1.807, 2.05) is 19.1 Å².